The van der Waals surface area contributed by atoms with E-state index in [2.05, 4.69) is 10.9 Å². The molecule has 1 aliphatic rings. The van der Waals surface area contributed by atoms with Gasteiger partial charge in [0, 0.05) is 25.1 Å². The van der Waals surface area contributed by atoms with Gasteiger partial charge in [-0.15, -0.1) is 0 Å². The minimum atomic E-state index is -4.70. The van der Waals surface area contributed by atoms with E-state index in [9.17, 15) is 38.0 Å². The van der Waals surface area contributed by atoms with Crippen molar-refractivity contribution in [3.63, 3.8) is 0 Å². The maximum Gasteiger partial charge on any atom is 0.416 e. The summed E-state index contributed by atoms with van der Waals surface area (Å²) in [6.07, 6.45) is -4.15. The molecule has 2 amide bonds. The number of benzene rings is 2. The number of aromatic hydroxyl groups is 1. The van der Waals surface area contributed by atoms with Crippen LogP contribution in [0.1, 0.15) is 28.8 Å². The molecule has 0 aliphatic carbocycles. The molecule has 1 fully saturated rings. The number of nitro benzene ring substituents is 1. The van der Waals surface area contributed by atoms with Crippen molar-refractivity contribution in [2.24, 2.45) is 5.92 Å². The van der Waals surface area contributed by atoms with Crippen molar-refractivity contribution in [2.45, 2.75) is 19.0 Å². The first-order valence-electron chi connectivity index (χ1n) is 9.56. The summed E-state index contributed by atoms with van der Waals surface area (Å²) in [5.74, 6) is -1.93. The van der Waals surface area contributed by atoms with Crippen LogP contribution < -0.4 is 15.8 Å². The van der Waals surface area contributed by atoms with Crippen molar-refractivity contribution >= 4 is 23.2 Å². The Morgan fingerprint density at radius 2 is 1.75 bits per heavy atom. The van der Waals surface area contributed by atoms with Gasteiger partial charge in [-0.2, -0.15) is 13.2 Å². The number of nitrogens with one attached hydrogen (secondary N) is 2. The Bertz CT molecular complexity index is 1040. The van der Waals surface area contributed by atoms with Gasteiger partial charge in [0.2, 0.25) is 5.91 Å². The number of carbonyl (C=O) groups excluding carboxylic acids is 2. The molecule has 0 spiro atoms. The molecule has 2 aromatic rings. The lowest BCUT2D eigenvalue weighted by Gasteiger charge is -2.32. The Labute approximate surface area is 179 Å². The topological polar surface area (TPSA) is 125 Å². The van der Waals surface area contributed by atoms with E-state index >= 15 is 0 Å². The average molecular weight is 452 g/mol. The molecule has 0 bridgehead atoms. The number of hydrogen-bond acceptors (Lipinski definition) is 6. The first-order valence-corrected chi connectivity index (χ1v) is 9.56. The van der Waals surface area contributed by atoms with E-state index in [1.807, 2.05) is 0 Å². The van der Waals surface area contributed by atoms with E-state index in [0.29, 0.717) is 6.07 Å². The first-order chi connectivity index (χ1) is 15.1. The maximum atomic E-state index is 12.9. The van der Waals surface area contributed by atoms with Gasteiger partial charge in [0.05, 0.1) is 16.1 Å². The number of para-hydroxylation sites is 1. The van der Waals surface area contributed by atoms with Gasteiger partial charge in [-0.25, -0.2) is 0 Å². The molecule has 32 heavy (non-hydrogen) atoms. The van der Waals surface area contributed by atoms with E-state index in [1.165, 1.54) is 12.1 Å². The minimum Gasteiger partial charge on any atom is -0.507 e. The lowest BCUT2D eigenvalue weighted by molar-refractivity contribution is -0.384. The fraction of sp³-hybridized carbons (Fsp3) is 0.300. The molecule has 1 heterocycles. The zero-order valence-corrected chi connectivity index (χ0v) is 16.6. The second-order valence-corrected chi connectivity index (χ2v) is 7.18. The molecule has 0 aromatic heterocycles. The van der Waals surface area contributed by atoms with Crippen LogP contribution >= 0.6 is 0 Å². The summed E-state index contributed by atoms with van der Waals surface area (Å²) < 4.78 is 38.6. The number of alkyl halides is 3. The lowest BCUT2D eigenvalue weighted by atomic mass is 9.95. The van der Waals surface area contributed by atoms with E-state index in [0.717, 1.165) is 12.1 Å². The van der Waals surface area contributed by atoms with Crippen LogP contribution in [0.4, 0.5) is 24.5 Å². The number of hydrazine groups is 1. The van der Waals surface area contributed by atoms with E-state index in [1.54, 1.807) is 17.0 Å². The number of amides is 2. The molecule has 3 rings (SSSR count). The second-order valence-electron chi connectivity index (χ2n) is 7.18. The molecule has 9 nitrogen and oxygen atoms in total. The third-order valence-electron chi connectivity index (χ3n) is 5.15. The quantitative estimate of drug-likeness (QED) is 0.484. The van der Waals surface area contributed by atoms with Crippen LogP contribution in [0.2, 0.25) is 0 Å². The molecule has 12 heteroatoms. The van der Waals surface area contributed by atoms with Crippen LogP contribution in [0.25, 0.3) is 0 Å². The molecule has 0 unspecified atom stereocenters. The highest BCUT2D eigenvalue weighted by Gasteiger charge is 2.35. The van der Waals surface area contributed by atoms with Crippen molar-refractivity contribution in [2.75, 3.05) is 18.0 Å². The summed E-state index contributed by atoms with van der Waals surface area (Å²) in [5, 5.41) is 21.0. The number of hydrogen-bond donors (Lipinski definition) is 3. The molecule has 2 aromatic carbocycles. The number of anilines is 1. The van der Waals surface area contributed by atoms with Crippen LogP contribution in [0.3, 0.4) is 0 Å². The van der Waals surface area contributed by atoms with Gasteiger partial charge in [0.1, 0.15) is 11.4 Å². The fourth-order valence-corrected chi connectivity index (χ4v) is 3.45. The smallest absolute Gasteiger partial charge is 0.416 e. The van der Waals surface area contributed by atoms with Crippen molar-refractivity contribution < 1.29 is 32.8 Å². The predicted octanol–water partition coefficient (Wildman–Crippen LogP) is 3.00. The second kappa shape index (κ2) is 9.12. The normalized spacial score (nSPS) is 14.7. The Morgan fingerprint density at radius 3 is 2.34 bits per heavy atom. The highest BCUT2D eigenvalue weighted by atomic mass is 19.4. The van der Waals surface area contributed by atoms with Gasteiger partial charge in [-0.05, 0) is 37.1 Å². The molecular weight excluding hydrogens is 433 g/mol. The average Bonchev–Trinajstić information content (AvgIpc) is 2.76. The SMILES string of the molecule is O=C(NNC(=O)C1CCN(c2ccc(C(F)(F)F)cc2[N+](=O)[O-])CC1)c1ccccc1O. The van der Waals surface area contributed by atoms with Crippen LogP contribution in [-0.2, 0) is 11.0 Å². The summed E-state index contributed by atoms with van der Waals surface area (Å²) in [5.41, 5.74) is 2.77. The third kappa shape index (κ3) is 5.07. The van der Waals surface area contributed by atoms with Crippen LogP contribution in [0.5, 0.6) is 5.75 Å². The summed E-state index contributed by atoms with van der Waals surface area (Å²) in [7, 11) is 0. The Kier molecular flexibility index (Phi) is 6.51. The number of carbonyl (C=O) groups is 2. The largest absolute Gasteiger partial charge is 0.507 e. The minimum absolute atomic E-state index is 0.0165. The number of halogens is 3. The van der Waals surface area contributed by atoms with Crippen LogP contribution in [-0.4, -0.2) is 34.9 Å². The summed E-state index contributed by atoms with van der Waals surface area (Å²) in [6.45, 7) is 0.412. The number of phenolic OH excluding ortho intramolecular Hbond substituents is 1. The maximum absolute atomic E-state index is 12.9. The molecule has 0 saturated carbocycles. The van der Waals surface area contributed by atoms with Gasteiger partial charge in [-0.1, -0.05) is 12.1 Å². The lowest BCUT2D eigenvalue weighted by Crippen LogP contribution is -2.47. The molecule has 170 valence electrons. The summed E-state index contributed by atoms with van der Waals surface area (Å²) in [6, 6.07) is 8.15. The number of nitro groups is 1. The van der Waals surface area contributed by atoms with Crippen LogP contribution in [0, 0.1) is 16.0 Å². The summed E-state index contributed by atoms with van der Waals surface area (Å²) in [4.78, 5) is 36.4. The third-order valence-corrected chi connectivity index (χ3v) is 5.15. The van der Waals surface area contributed by atoms with Crippen molar-refractivity contribution in [1.82, 2.24) is 10.9 Å². The van der Waals surface area contributed by atoms with E-state index in [-0.39, 0.29) is 42.9 Å². The molecule has 1 saturated heterocycles. The summed E-state index contributed by atoms with van der Waals surface area (Å²) >= 11 is 0. The first kappa shape index (κ1) is 22.8. The molecule has 0 radical (unpaired) electrons. The highest BCUT2D eigenvalue weighted by molar-refractivity contribution is 5.97. The van der Waals surface area contributed by atoms with Gasteiger partial charge < -0.3 is 10.0 Å². The molecular formula is C20H19F3N4O5. The number of piperidine rings is 1. The Balaban J connectivity index is 1.60. The zero-order valence-electron chi connectivity index (χ0n) is 16.6. The van der Waals surface area contributed by atoms with Gasteiger partial charge in [0.15, 0.2) is 0 Å². The number of rotatable bonds is 4. The van der Waals surface area contributed by atoms with Crippen molar-refractivity contribution in [3.05, 3.63) is 63.7 Å². The van der Waals surface area contributed by atoms with Gasteiger partial charge >= 0.3 is 6.18 Å². The number of nitrogens with zero attached hydrogens (tertiary/aromatic N) is 2. The van der Waals surface area contributed by atoms with Crippen LogP contribution in [0.15, 0.2) is 42.5 Å². The number of phenols is 1. The molecule has 0 atom stereocenters. The molecule has 3 N–H and O–H groups in total. The Morgan fingerprint density at radius 1 is 1.09 bits per heavy atom. The zero-order chi connectivity index (χ0) is 23.5. The standard InChI is InChI=1S/C20H19F3N4O5/c21-20(22,23)13-5-6-15(16(11-13)27(31)32)26-9-7-12(8-10-26)18(29)24-25-19(30)14-3-1-2-4-17(14)28/h1-6,11-12,28H,7-10H2,(H,24,29)(H,25,30). The van der Waals surface area contributed by atoms with E-state index in [4.69, 9.17) is 0 Å². The monoisotopic (exact) mass is 452 g/mol. The van der Waals surface area contributed by atoms with Gasteiger partial charge in [-0.3, -0.25) is 30.6 Å². The predicted molar refractivity (Wildman–Crippen MR) is 107 cm³/mol. The van der Waals surface area contributed by atoms with Gasteiger partial charge in [0.25, 0.3) is 11.6 Å². The fourth-order valence-electron chi connectivity index (χ4n) is 3.45. The van der Waals surface area contributed by atoms with Crippen molar-refractivity contribution in [1.29, 1.82) is 0 Å². The molecule has 1 aliphatic heterocycles. The Hall–Kier alpha value is -3.83. The van der Waals surface area contributed by atoms with E-state index < -0.39 is 40.1 Å². The highest BCUT2D eigenvalue weighted by Crippen LogP contribution is 2.37. The van der Waals surface area contributed by atoms with Crippen molar-refractivity contribution in [3.8, 4) is 5.75 Å².